The highest BCUT2D eigenvalue weighted by Crippen LogP contribution is 2.29. The van der Waals surface area contributed by atoms with Crippen LogP contribution in [0.5, 0.6) is 0 Å². The Bertz CT molecular complexity index is 703. The van der Waals surface area contributed by atoms with Crippen molar-refractivity contribution in [2.45, 2.75) is 17.2 Å². The van der Waals surface area contributed by atoms with Crippen LogP contribution in [0.25, 0.3) is 0 Å². The SMILES string of the molecule is O=S(=O)(c1cccc(Cl)c1)N1CCC(c2nn[nH]n2)C1. The molecule has 2 aromatic rings. The number of halogens is 1. The van der Waals surface area contributed by atoms with Crippen LogP contribution >= 0.6 is 11.6 Å². The smallest absolute Gasteiger partial charge is 0.207 e. The first kappa shape index (κ1) is 13.5. The van der Waals surface area contributed by atoms with Gasteiger partial charge in [0.25, 0.3) is 0 Å². The number of hydrogen-bond donors (Lipinski definition) is 1. The molecule has 0 amide bonds. The summed E-state index contributed by atoms with van der Waals surface area (Å²) in [5.41, 5.74) is 0. The van der Waals surface area contributed by atoms with E-state index < -0.39 is 10.0 Å². The first-order chi connectivity index (χ1) is 9.57. The van der Waals surface area contributed by atoms with E-state index in [0.29, 0.717) is 30.4 Å². The van der Waals surface area contributed by atoms with E-state index >= 15 is 0 Å². The third-order valence-corrected chi connectivity index (χ3v) is 5.41. The van der Waals surface area contributed by atoms with E-state index in [0.717, 1.165) is 0 Å². The highest BCUT2D eigenvalue weighted by Gasteiger charge is 2.34. The molecule has 1 fully saturated rings. The number of nitrogens with zero attached hydrogens (tertiary/aromatic N) is 4. The number of aromatic nitrogens is 4. The second kappa shape index (κ2) is 5.12. The molecule has 1 aliphatic heterocycles. The average Bonchev–Trinajstić information content (AvgIpc) is 3.10. The van der Waals surface area contributed by atoms with Crippen molar-refractivity contribution < 1.29 is 8.42 Å². The largest absolute Gasteiger partial charge is 0.243 e. The Balaban J connectivity index is 1.83. The second-order valence-electron chi connectivity index (χ2n) is 4.58. The molecular formula is C11H12ClN5O2S. The van der Waals surface area contributed by atoms with E-state index in [9.17, 15) is 8.42 Å². The van der Waals surface area contributed by atoms with Crippen LogP contribution in [0.4, 0.5) is 0 Å². The Labute approximate surface area is 121 Å². The topological polar surface area (TPSA) is 91.8 Å². The van der Waals surface area contributed by atoms with Gasteiger partial charge in [-0.3, -0.25) is 0 Å². The monoisotopic (exact) mass is 313 g/mol. The maximum absolute atomic E-state index is 12.5. The lowest BCUT2D eigenvalue weighted by molar-refractivity contribution is 0.471. The van der Waals surface area contributed by atoms with E-state index in [1.165, 1.54) is 10.4 Å². The summed E-state index contributed by atoms with van der Waals surface area (Å²) in [5.74, 6) is 0.525. The molecule has 3 rings (SSSR count). The fourth-order valence-electron chi connectivity index (χ4n) is 2.28. The molecule has 0 bridgehead atoms. The van der Waals surface area contributed by atoms with Crippen LogP contribution in [0.15, 0.2) is 29.2 Å². The number of sulfonamides is 1. The standard InChI is InChI=1S/C11H12ClN5O2S/c12-9-2-1-3-10(6-9)20(18,19)17-5-4-8(7-17)11-13-15-16-14-11/h1-3,6,8H,4-5,7H2,(H,13,14,15,16). The molecule has 20 heavy (non-hydrogen) atoms. The Morgan fingerprint density at radius 3 is 2.95 bits per heavy atom. The van der Waals surface area contributed by atoms with Gasteiger partial charge < -0.3 is 0 Å². The highest BCUT2D eigenvalue weighted by atomic mass is 35.5. The molecule has 2 heterocycles. The Morgan fingerprint density at radius 1 is 1.40 bits per heavy atom. The van der Waals surface area contributed by atoms with Gasteiger partial charge in [-0.15, -0.1) is 10.2 Å². The van der Waals surface area contributed by atoms with Gasteiger partial charge in [0.05, 0.1) is 4.90 Å². The van der Waals surface area contributed by atoms with Crippen LogP contribution in [0.1, 0.15) is 18.2 Å². The fraction of sp³-hybridized carbons (Fsp3) is 0.364. The molecule has 1 unspecified atom stereocenters. The first-order valence-corrected chi connectivity index (χ1v) is 7.88. The quantitative estimate of drug-likeness (QED) is 0.913. The minimum absolute atomic E-state index is 0.0253. The first-order valence-electron chi connectivity index (χ1n) is 6.06. The zero-order valence-corrected chi connectivity index (χ0v) is 12.0. The lowest BCUT2D eigenvalue weighted by atomic mass is 10.1. The van der Waals surface area contributed by atoms with Gasteiger partial charge in [0.1, 0.15) is 0 Å². The number of rotatable bonds is 3. The normalized spacial score (nSPS) is 20.4. The zero-order chi connectivity index (χ0) is 14.2. The predicted molar refractivity (Wildman–Crippen MR) is 71.7 cm³/mol. The van der Waals surface area contributed by atoms with Crippen molar-refractivity contribution in [2.75, 3.05) is 13.1 Å². The second-order valence-corrected chi connectivity index (χ2v) is 6.95. The van der Waals surface area contributed by atoms with Crippen molar-refractivity contribution in [1.29, 1.82) is 0 Å². The molecule has 0 radical (unpaired) electrons. The van der Waals surface area contributed by atoms with Gasteiger partial charge in [-0.1, -0.05) is 22.9 Å². The molecule has 1 saturated heterocycles. The molecular weight excluding hydrogens is 302 g/mol. The molecule has 0 saturated carbocycles. The maximum Gasteiger partial charge on any atom is 0.243 e. The minimum Gasteiger partial charge on any atom is -0.207 e. The minimum atomic E-state index is -3.52. The molecule has 106 valence electrons. The van der Waals surface area contributed by atoms with Crippen LogP contribution in [-0.4, -0.2) is 46.4 Å². The van der Waals surface area contributed by atoms with Crippen molar-refractivity contribution >= 4 is 21.6 Å². The average molecular weight is 314 g/mol. The van der Waals surface area contributed by atoms with Crippen LogP contribution in [-0.2, 0) is 10.0 Å². The Kier molecular flexibility index (Phi) is 3.45. The van der Waals surface area contributed by atoms with Gasteiger partial charge in [-0.25, -0.2) is 8.42 Å². The van der Waals surface area contributed by atoms with Crippen LogP contribution < -0.4 is 0 Å². The van der Waals surface area contributed by atoms with Gasteiger partial charge >= 0.3 is 0 Å². The number of benzene rings is 1. The summed E-state index contributed by atoms with van der Waals surface area (Å²) in [6.45, 7) is 0.794. The van der Waals surface area contributed by atoms with Gasteiger partial charge in [-0.2, -0.15) is 9.52 Å². The van der Waals surface area contributed by atoms with Gasteiger partial charge in [0.2, 0.25) is 10.0 Å². The summed E-state index contributed by atoms with van der Waals surface area (Å²) in [4.78, 5) is 0.207. The summed E-state index contributed by atoms with van der Waals surface area (Å²) < 4.78 is 26.4. The van der Waals surface area contributed by atoms with Crippen molar-refractivity contribution in [3.05, 3.63) is 35.1 Å². The summed E-state index contributed by atoms with van der Waals surface area (Å²) in [6, 6.07) is 6.27. The Hall–Kier alpha value is -1.51. The number of H-pyrrole nitrogens is 1. The molecule has 7 nitrogen and oxygen atoms in total. The van der Waals surface area contributed by atoms with Crippen LogP contribution in [0.2, 0.25) is 5.02 Å². The summed E-state index contributed by atoms with van der Waals surface area (Å²) in [5, 5.41) is 14.1. The number of aromatic amines is 1. The van der Waals surface area contributed by atoms with Crippen LogP contribution in [0.3, 0.4) is 0 Å². The predicted octanol–water partition coefficient (Wildman–Crippen LogP) is 1.03. The summed E-state index contributed by atoms with van der Waals surface area (Å²) in [6.07, 6.45) is 0.680. The zero-order valence-electron chi connectivity index (χ0n) is 10.4. The number of tetrazole rings is 1. The molecule has 1 aromatic carbocycles. The van der Waals surface area contributed by atoms with Crippen molar-refractivity contribution in [2.24, 2.45) is 0 Å². The lowest BCUT2D eigenvalue weighted by Gasteiger charge is -2.16. The van der Waals surface area contributed by atoms with Gasteiger partial charge in [-0.05, 0) is 24.6 Å². The van der Waals surface area contributed by atoms with Crippen LogP contribution in [0, 0.1) is 0 Å². The summed E-state index contributed by atoms with van der Waals surface area (Å²) in [7, 11) is -3.52. The van der Waals surface area contributed by atoms with Crippen molar-refractivity contribution in [1.82, 2.24) is 24.9 Å². The van der Waals surface area contributed by atoms with Crippen molar-refractivity contribution in [3.8, 4) is 0 Å². The molecule has 1 aromatic heterocycles. The van der Waals surface area contributed by atoms with E-state index in [2.05, 4.69) is 20.6 Å². The van der Waals surface area contributed by atoms with Gasteiger partial charge in [0.15, 0.2) is 5.82 Å². The molecule has 1 N–H and O–H groups in total. The number of nitrogens with one attached hydrogen (secondary N) is 1. The molecule has 1 atom stereocenters. The van der Waals surface area contributed by atoms with Gasteiger partial charge in [0, 0.05) is 24.0 Å². The van der Waals surface area contributed by atoms with E-state index in [1.54, 1.807) is 18.2 Å². The maximum atomic E-state index is 12.5. The molecule has 0 aliphatic carbocycles. The van der Waals surface area contributed by atoms with E-state index in [4.69, 9.17) is 11.6 Å². The van der Waals surface area contributed by atoms with E-state index in [1.807, 2.05) is 0 Å². The summed E-state index contributed by atoms with van der Waals surface area (Å²) >= 11 is 5.85. The molecule has 1 aliphatic rings. The van der Waals surface area contributed by atoms with E-state index in [-0.39, 0.29) is 10.8 Å². The third-order valence-electron chi connectivity index (χ3n) is 3.31. The fourth-order valence-corrected chi connectivity index (χ4v) is 4.08. The molecule has 9 heteroatoms. The third kappa shape index (κ3) is 2.41. The lowest BCUT2D eigenvalue weighted by Crippen LogP contribution is -2.28. The molecule has 0 spiro atoms. The highest BCUT2D eigenvalue weighted by molar-refractivity contribution is 7.89. The Morgan fingerprint density at radius 2 is 2.25 bits per heavy atom. The van der Waals surface area contributed by atoms with Crippen molar-refractivity contribution in [3.63, 3.8) is 0 Å². The number of hydrogen-bond acceptors (Lipinski definition) is 5.